The van der Waals surface area contributed by atoms with Gasteiger partial charge in [0.25, 0.3) is 0 Å². The van der Waals surface area contributed by atoms with Crippen molar-refractivity contribution in [2.75, 3.05) is 0 Å². The van der Waals surface area contributed by atoms with E-state index < -0.39 is 31.1 Å². The first kappa shape index (κ1) is 21.3. The summed E-state index contributed by atoms with van der Waals surface area (Å²) in [7, 11) is -8.87. The Morgan fingerprint density at radius 1 is 0.867 bits per heavy atom. The maximum Gasteiger partial charge on any atom is 2.00 e. The molecule has 8 nitrogen and oxygen atoms in total. The number of aliphatic hydroxyl groups is 2. The maximum atomic E-state index is 9.53. The minimum atomic E-state index is -4.44. The Morgan fingerprint density at radius 2 is 0.933 bits per heavy atom. The summed E-state index contributed by atoms with van der Waals surface area (Å²) in [5, 5.41) is 16.0. The third-order valence-electron chi connectivity index (χ3n) is 0.836. The molecule has 2 N–H and O–H groups in total. The van der Waals surface area contributed by atoms with Gasteiger partial charge in [-0.3, -0.25) is 0 Å². The smallest absolute Gasteiger partial charge is 0.746 e. The summed E-state index contributed by atoms with van der Waals surface area (Å²) in [6.45, 7) is 1.81. The van der Waals surface area contributed by atoms with Crippen molar-refractivity contribution in [2.24, 2.45) is 0 Å². The second-order valence-corrected chi connectivity index (χ2v) is 5.52. The molecule has 2 atom stereocenters. The SMILES string of the molecule is CC(O)S(=O)(=O)[O-].CC(O)S(=O)(=O)[O-].[Ca+2]. The van der Waals surface area contributed by atoms with E-state index in [1.807, 2.05) is 0 Å². The number of aliphatic hydroxyl groups excluding tert-OH is 2. The first-order valence-corrected chi connectivity index (χ1v) is 6.09. The van der Waals surface area contributed by atoms with E-state index in [9.17, 15) is 25.9 Å². The Morgan fingerprint density at radius 3 is 0.933 bits per heavy atom. The fourth-order valence-corrected chi connectivity index (χ4v) is 0. The molecular formula is C4H10CaO8S2. The summed E-state index contributed by atoms with van der Waals surface area (Å²) >= 11 is 0. The first-order chi connectivity index (χ1) is 5.89. The van der Waals surface area contributed by atoms with Crippen molar-refractivity contribution >= 4 is 58.0 Å². The van der Waals surface area contributed by atoms with Crippen LogP contribution in [0.1, 0.15) is 13.8 Å². The van der Waals surface area contributed by atoms with E-state index in [0.717, 1.165) is 13.8 Å². The second-order valence-electron chi connectivity index (χ2n) is 2.18. The minimum Gasteiger partial charge on any atom is -0.746 e. The average molecular weight is 290 g/mol. The van der Waals surface area contributed by atoms with Crippen molar-refractivity contribution in [3.63, 3.8) is 0 Å². The first-order valence-electron chi connectivity index (χ1n) is 3.14. The average Bonchev–Trinajstić information content (AvgIpc) is 1.83. The second kappa shape index (κ2) is 8.14. The predicted octanol–water partition coefficient (Wildman–Crippen LogP) is -2.64. The molecule has 0 heterocycles. The van der Waals surface area contributed by atoms with Gasteiger partial charge >= 0.3 is 37.7 Å². The molecule has 0 fully saturated rings. The minimum absolute atomic E-state index is 0. The molecule has 11 heteroatoms. The van der Waals surface area contributed by atoms with Crippen LogP contribution >= 0.6 is 0 Å². The van der Waals surface area contributed by atoms with Gasteiger partial charge in [-0.1, -0.05) is 0 Å². The summed E-state index contributed by atoms with van der Waals surface area (Å²) in [4.78, 5) is 0. The molecule has 0 aromatic carbocycles. The van der Waals surface area contributed by atoms with Crippen molar-refractivity contribution in [1.82, 2.24) is 0 Å². The van der Waals surface area contributed by atoms with Crippen molar-refractivity contribution in [3.8, 4) is 0 Å². The van der Waals surface area contributed by atoms with Crippen molar-refractivity contribution in [2.45, 2.75) is 24.7 Å². The number of hydrogen-bond donors (Lipinski definition) is 2. The standard InChI is InChI=1S/2C2H6O4S.Ca/c2*1-2(3)7(4,5)6;/h2*2-3H,1H3,(H,4,5,6);/q;;+2/p-2. The van der Waals surface area contributed by atoms with Gasteiger partial charge in [0.05, 0.1) is 0 Å². The molecule has 0 aliphatic rings. The van der Waals surface area contributed by atoms with Gasteiger partial charge in [0, 0.05) is 0 Å². The monoisotopic (exact) mass is 290 g/mol. The van der Waals surface area contributed by atoms with Gasteiger partial charge in [-0.2, -0.15) is 0 Å². The molecule has 0 aromatic rings. The van der Waals surface area contributed by atoms with Gasteiger partial charge in [-0.15, -0.1) is 0 Å². The van der Waals surface area contributed by atoms with Crippen LogP contribution in [0.4, 0.5) is 0 Å². The van der Waals surface area contributed by atoms with Crippen molar-refractivity contribution < 1.29 is 36.2 Å². The molecular weight excluding hydrogens is 280 g/mol. The Kier molecular flexibility index (Phi) is 11.6. The van der Waals surface area contributed by atoms with E-state index in [4.69, 9.17) is 10.2 Å². The zero-order valence-corrected chi connectivity index (χ0v) is 11.9. The Labute approximate surface area is 118 Å². The van der Waals surface area contributed by atoms with E-state index in [1.54, 1.807) is 0 Å². The molecule has 0 rings (SSSR count). The molecule has 0 amide bonds. The zero-order valence-electron chi connectivity index (χ0n) is 8.02. The summed E-state index contributed by atoms with van der Waals surface area (Å²) in [6.07, 6.45) is 0. The Balaban J connectivity index is -0.000000180. The van der Waals surface area contributed by atoms with E-state index in [2.05, 4.69) is 0 Å². The molecule has 0 saturated heterocycles. The van der Waals surface area contributed by atoms with Gasteiger partial charge in [0.2, 0.25) is 0 Å². The fraction of sp³-hybridized carbons (Fsp3) is 1.00. The van der Waals surface area contributed by atoms with Gasteiger partial charge in [0.15, 0.2) is 0 Å². The van der Waals surface area contributed by atoms with Crippen LogP contribution in [0.15, 0.2) is 0 Å². The summed E-state index contributed by atoms with van der Waals surface area (Å²) in [5.74, 6) is 0. The van der Waals surface area contributed by atoms with E-state index in [-0.39, 0.29) is 37.7 Å². The van der Waals surface area contributed by atoms with Gasteiger partial charge in [0.1, 0.15) is 31.1 Å². The predicted molar refractivity (Wildman–Crippen MR) is 48.5 cm³/mol. The van der Waals surface area contributed by atoms with Crippen LogP contribution in [-0.2, 0) is 20.2 Å². The molecule has 0 aliphatic heterocycles. The Bertz CT molecular complexity index is 305. The van der Waals surface area contributed by atoms with Crippen LogP contribution in [0.2, 0.25) is 0 Å². The quantitative estimate of drug-likeness (QED) is 0.413. The molecule has 0 spiro atoms. The zero-order chi connectivity index (χ0) is 12.2. The molecule has 0 saturated carbocycles. The largest absolute Gasteiger partial charge is 2.00 e. The van der Waals surface area contributed by atoms with Crippen LogP contribution < -0.4 is 0 Å². The van der Waals surface area contributed by atoms with E-state index >= 15 is 0 Å². The van der Waals surface area contributed by atoms with Gasteiger partial charge < -0.3 is 19.3 Å². The fourth-order valence-electron chi connectivity index (χ4n) is 0. The molecule has 0 aromatic heterocycles. The van der Waals surface area contributed by atoms with E-state index in [0.29, 0.717) is 0 Å². The van der Waals surface area contributed by atoms with Crippen LogP contribution in [0.5, 0.6) is 0 Å². The van der Waals surface area contributed by atoms with Gasteiger partial charge in [-0.05, 0) is 13.8 Å². The molecule has 0 aliphatic carbocycles. The third-order valence-corrected chi connectivity index (χ3v) is 2.51. The molecule has 0 radical (unpaired) electrons. The molecule has 15 heavy (non-hydrogen) atoms. The van der Waals surface area contributed by atoms with Gasteiger partial charge in [-0.25, -0.2) is 16.8 Å². The van der Waals surface area contributed by atoms with Crippen molar-refractivity contribution in [1.29, 1.82) is 0 Å². The van der Waals surface area contributed by atoms with Crippen LogP contribution in [0.25, 0.3) is 0 Å². The number of hydrogen-bond acceptors (Lipinski definition) is 8. The van der Waals surface area contributed by atoms with Crippen LogP contribution in [-0.4, -0.2) is 84.8 Å². The van der Waals surface area contributed by atoms with Crippen molar-refractivity contribution in [3.05, 3.63) is 0 Å². The maximum absolute atomic E-state index is 9.53. The molecule has 88 valence electrons. The summed E-state index contributed by atoms with van der Waals surface area (Å²) in [6, 6.07) is 0. The topological polar surface area (TPSA) is 155 Å². The van der Waals surface area contributed by atoms with Crippen LogP contribution in [0, 0.1) is 0 Å². The van der Waals surface area contributed by atoms with E-state index in [1.165, 1.54) is 0 Å². The number of rotatable bonds is 2. The molecule has 2 unspecified atom stereocenters. The summed E-state index contributed by atoms with van der Waals surface area (Å²) < 4.78 is 57.2. The normalized spacial score (nSPS) is 15.3. The van der Waals surface area contributed by atoms with Crippen LogP contribution in [0.3, 0.4) is 0 Å². The Hall–Kier alpha value is 1.000. The summed E-state index contributed by atoms with van der Waals surface area (Å²) in [5.41, 5.74) is -3.57. The molecule has 0 bridgehead atoms. The third kappa shape index (κ3) is 15.0.